The van der Waals surface area contributed by atoms with E-state index in [0.29, 0.717) is 11.3 Å². The predicted octanol–water partition coefficient (Wildman–Crippen LogP) is 5.47. The van der Waals surface area contributed by atoms with E-state index < -0.39 is 30.5 Å². The van der Waals surface area contributed by atoms with Crippen molar-refractivity contribution in [1.29, 1.82) is 0 Å². The van der Waals surface area contributed by atoms with Gasteiger partial charge in [-0.3, -0.25) is 14.7 Å². The van der Waals surface area contributed by atoms with Crippen LogP contribution in [0.15, 0.2) is 36.4 Å². The van der Waals surface area contributed by atoms with Crippen molar-refractivity contribution in [2.24, 2.45) is 0 Å². The third-order valence-electron chi connectivity index (χ3n) is 4.05. The van der Waals surface area contributed by atoms with Gasteiger partial charge in [-0.2, -0.15) is 0 Å². The van der Waals surface area contributed by atoms with E-state index in [9.17, 15) is 24.9 Å². The second-order valence-electron chi connectivity index (χ2n) is 7.40. The zero-order chi connectivity index (χ0) is 22.6. The Balaban J connectivity index is 2.62. The summed E-state index contributed by atoms with van der Waals surface area (Å²) in [4.78, 5) is 10.8. The molecule has 2 aromatic carbocycles. The Labute approximate surface area is 175 Å². The number of nitro benzene ring substituents is 1. The van der Waals surface area contributed by atoms with Crippen LogP contribution in [0.4, 0.5) is 11.4 Å². The number of phenols is 2. The summed E-state index contributed by atoms with van der Waals surface area (Å²) in [5.41, 5.74) is 0.804. The molecule has 0 aliphatic rings. The third-order valence-corrected chi connectivity index (χ3v) is 6.52. The van der Waals surface area contributed by atoms with E-state index in [1.54, 1.807) is 46.8 Å². The van der Waals surface area contributed by atoms with E-state index >= 15 is 0 Å². The summed E-state index contributed by atoms with van der Waals surface area (Å²) in [7, 11) is -3.94. The molecule has 0 aromatic heterocycles. The van der Waals surface area contributed by atoms with Crippen LogP contribution in [-0.2, 0) is 13.6 Å². The molecule has 3 N–H and O–H groups in total. The average Bonchev–Trinajstić information content (AvgIpc) is 2.59. The molecule has 2 aromatic rings. The summed E-state index contributed by atoms with van der Waals surface area (Å²) >= 11 is 0. The number of nitro groups is 1. The maximum atomic E-state index is 13.8. The van der Waals surface area contributed by atoms with Crippen LogP contribution in [-0.4, -0.2) is 27.3 Å². The Kier molecular flexibility index (Phi) is 7.47. The largest absolute Gasteiger partial charge is 0.508 e. The van der Waals surface area contributed by atoms with Crippen molar-refractivity contribution in [2.75, 3.05) is 5.32 Å². The van der Waals surface area contributed by atoms with Crippen molar-refractivity contribution >= 4 is 19.0 Å². The summed E-state index contributed by atoms with van der Waals surface area (Å²) in [6.45, 7) is 8.39. The van der Waals surface area contributed by atoms with Gasteiger partial charge in [0.1, 0.15) is 11.5 Å². The molecule has 0 bridgehead atoms. The van der Waals surface area contributed by atoms with E-state index in [1.807, 2.05) is 0 Å². The molecule has 9 nitrogen and oxygen atoms in total. The van der Waals surface area contributed by atoms with Crippen molar-refractivity contribution in [3.8, 4) is 11.5 Å². The number of aryl methyl sites for hydroxylation is 1. The Bertz CT molecular complexity index is 948. The average molecular weight is 438 g/mol. The van der Waals surface area contributed by atoms with Crippen molar-refractivity contribution in [1.82, 2.24) is 0 Å². The van der Waals surface area contributed by atoms with E-state index in [0.717, 1.165) is 6.07 Å². The van der Waals surface area contributed by atoms with Gasteiger partial charge in [0, 0.05) is 28.9 Å². The molecule has 0 spiro atoms. The molecule has 1 atom stereocenters. The van der Waals surface area contributed by atoms with Gasteiger partial charge in [0.05, 0.1) is 17.1 Å². The number of benzene rings is 2. The second kappa shape index (κ2) is 9.47. The standard InChI is InChI=1S/C20H27N2O7P/c1-12(2)28-30(27,29-13(3)4)20(17-9-8-16(23)11-19(17)24)21-15-7-6-14(5)18(10-15)22(25)26/h6-13,20-21,23-24H,1-5H3. The molecular formula is C20H27N2O7P. The lowest BCUT2D eigenvalue weighted by molar-refractivity contribution is -0.385. The molecule has 0 heterocycles. The number of anilines is 1. The maximum absolute atomic E-state index is 13.8. The maximum Gasteiger partial charge on any atom is 0.357 e. The Morgan fingerprint density at radius 3 is 2.13 bits per heavy atom. The minimum absolute atomic E-state index is 0.113. The first kappa shape index (κ1) is 23.7. The lowest BCUT2D eigenvalue weighted by atomic mass is 10.1. The van der Waals surface area contributed by atoms with Gasteiger partial charge in [0.2, 0.25) is 0 Å². The van der Waals surface area contributed by atoms with Crippen molar-refractivity contribution < 1.29 is 28.7 Å². The summed E-state index contributed by atoms with van der Waals surface area (Å²) < 4.78 is 25.2. The zero-order valence-electron chi connectivity index (χ0n) is 17.5. The summed E-state index contributed by atoms with van der Waals surface area (Å²) in [6, 6.07) is 8.31. The lowest BCUT2D eigenvalue weighted by Crippen LogP contribution is -2.19. The second-order valence-corrected chi connectivity index (χ2v) is 9.41. The molecule has 0 saturated carbocycles. The SMILES string of the molecule is Cc1ccc(NC(c2ccc(O)cc2O)P(=O)(OC(C)C)OC(C)C)cc1[N+](=O)[O-]. The number of hydrogen-bond acceptors (Lipinski definition) is 8. The number of nitrogens with zero attached hydrogens (tertiary/aromatic N) is 1. The fourth-order valence-corrected chi connectivity index (χ4v) is 5.21. The normalized spacial score (nSPS) is 12.9. The number of aromatic hydroxyl groups is 2. The predicted molar refractivity (Wildman–Crippen MR) is 114 cm³/mol. The first-order valence-corrected chi connectivity index (χ1v) is 11.0. The number of nitrogens with one attached hydrogen (secondary N) is 1. The molecule has 10 heteroatoms. The highest BCUT2D eigenvalue weighted by atomic mass is 31.2. The van der Waals surface area contributed by atoms with Crippen molar-refractivity contribution in [3.63, 3.8) is 0 Å². The molecule has 0 saturated heterocycles. The first-order valence-electron chi connectivity index (χ1n) is 9.43. The number of hydrogen-bond donors (Lipinski definition) is 3. The molecule has 0 radical (unpaired) electrons. The third kappa shape index (κ3) is 5.72. The molecule has 0 aliphatic heterocycles. The minimum atomic E-state index is -3.94. The van der Waals surface area contributed by atoms with Gasteiger partial charge in [-0.15, -0.1) is 0 Å². The van der Waals surface area contributed by atoms with Crippen LogP contribution < -0.4 is 5.32 Å². The fourth-order valence-electron chi connectivity index (χ4n) is 2.88. The molecule has 164 valence electrons. The van der Waals surface area contributed by atoms with Crippen LogP contribution in [0.25, 0.3) is 0 Å². The highest BCUT2D eigenvalue weighted by Crippen LogP contribution is 2.63. The van der Waals surface area contributed by atoms with Gasteiger partial charge < -0.3 is 24.6 Å². The molecule has 1 unspecified atom stereocenters. The minimum Gasteiger partial charge on any atom is -0.508 e. The van der Waals surface area contributed by atoms with E-state index in [2.05, 4.69) is 5.32 Å². The van der Waals surface area contributed by atoms with Gasteiger partial charge >= 0.3 is 7.60 Å². The monoisotopic (exact) mass is 438 g/mol. The summed E-state index contributed by atoms with van der Waals surface area (Å²) in [5, 5.41) is 34.3. The van der Waals surface area contributed by atoms with E-state index in [1.165, 1.54) is 18.2 Å². The number of phenolic OH excluding ortho intramolecular Hbond substituents is 2. The Hall–Kier alpha value is -2.61. The van der Waals surface area contributed by atoms with Crippen molar-refractivity contribution in [2.45, 2.75) is 52.6 Å². The first-order chi connectivity index (χ1) is 13.9. The van der Waals surface area contributed by atoms with Gasteiger partial charge in [0.25, 0.3) is 5.69 Å². The highest BCUT2D eigenvalue weighted by Gasteiger charge is 2.41. The summed E-state index contributed by atoms with van der Waals surface area (Å²) in [5.74, 6) is -1.69. The lowest BCUT2D eigenvalue weighted by Gasteiger charge is -2.31. The highest BCUT2D eigenvalue weighted by molar-refractivity contribution is 7.54. The number of rotatable bonds is 9. The van der Waals surface area contributed by atoms with Crippen molar-refractivity contribution in [3.05, 3.63) is 57.6 Å². The quantitative estimate of drug-likeness (QED) is 0.267. The molecule has 2 rings (SSSR count). The molecule has 0 aliphatic carbocycles. The van der Waals surface area contributed by atoms with E-state index in [4.69, 9.17) is 9.05 Å². The van der Waals surface area contributed by atoms with Crippen LogP contribution >= 0.6 is 7.60 Å². The fraction of sp³-hybridized carbons (Fsp3) is 0.400. The van der Waals surface area contributed by atoms with E-state index in [-0.39, 0.29) is 22.7 Å². The van der Waals surface area contributed by atoms with Gasteiger partial charge in [-0.1, -0.05) is 6.07 Å². The van der Waals surface area contributed by atoms with Gasteiger partial charge in [0.15, 0.2) is 5.78 Å². The van der Waals surface area contributed by atoms with Crippen LogP contribution in [0.1, 0.15) is 44.6 Å². The van der Waals surface area contributed by atoms with Crippen LogP contribution in [0, 0.1) is 17.0 Å². The van der Waals surface area contributed by atoms with Crippen LogP contribution in [0.5, 0.6) is 11.5 Å². The topological polar surface area (TPSA) is 131 Å². The smallest absolute Gasteiger partial charge is 0.357 e. The van der Waals surface area contributed by atoms with Gasteiger partial charge in [-0.05, 0) is 52.8 Å². The molecule has 0 fully saturated rings. The molecule has 30 heavy (non-hydrogen) atoms. The zero-order valence-corrected chi connectivity index (χ0v) is 18.4. The molecular weight excluding hydrogens is 411 g/mol. The van der Waals surface area contributed by atoms with Gasteiger partial charge in [-0.25, -0.2) is 0 Å². The Morgan fingerprint density at radius 2 is 1.63 bits per heavy atom. The van der Waals surface area contributed by atoms with Crippen LogP contribution in [0.2, 0.25) is 0 Å². The Morgan fingerprint density at radius 1 is 1.03 bits per heavy atom. The molecule has 0 amide bonds. The van der Waals surface area contributed by atoms with Crippen LogP contribution in [0.3, 0.4) is 0 Å². The summed E-state index contributed by atoms with van der Waals surface area (Å²) in [6.07, 6.45) is -0.934.